The van der Waals surface area contributed by atoms with E-state index in [1.54, 1.807) is 0 Å². The van der Waals surface area contributed by atoms with Crippen molar-refractivity contribution in [3.8, 4) is 12.3 Å². The molecule has 0 atom stereocenters. The summed E-state index contributed by atoms with van der Waals surface area (Å²) in [6, 6.07) is 0. The van der Waals surface area contributed by atoms with E-state index in [0.717, 1.165) is 6.42 Å². The molecule has 0 aromatic carbocycles. The molecule has 0 aliphatic carbocycles. The molecular formula is C11H17NO3. The van der Waals surface area contributed by atoms with E-state index in [4.69, 9.17) is 11.5 Å². The second-order valence-electron chi connectivity index (χ2n) is 3.89. The quantitative estimate of drug-likeness (QED) is 0.511. The largest absolute Gasteiger partial charge is 0.480 e. The van der Waals surface area contributed by atoms with Crippen LogP contribution in [-0.2, 0) is 9.59 Å². The molecule has 0 fully saturated rings. The standard InChI is InChI=1S/C11H17NO3/c1-4-5-6-7-8-9(13)12-11(2,3)10(14)15/h1H,5-8H2,2-3H3,(H,12,13)(H,14,15). The van der Waals surface area contributed by atoms with Crippen LogP contribution in [0.5, 0.6) is 0 Å². The molecule has 0 saturated carbocycles. The first-order valence-corrected chi connectivity index (χ1v) is 4.88. The number of hydrogen-bond acceptors (Lipinski definition) is 2. The van der Waals surface area contributed by atoms with Crippen LogP contribution in [0.2, 0.25) is 0 Å². The lowest BCUT2D eigenvalue weighted by atomic mass is 10.1. The van der Waals surface area contributed by atoms with Crippen molar-refractivity contribution in [1.29, 1.82) is 0 Å². The summed E-state index contributed by atoms with van der Waals surface area (Å²) in [7, 11) is 0. The Balaban J connectivity index is 3.85. The molecule has 15 heavy (non-hydrogen) atoms. The molecule has 0 bridgehead atoms. The first kappa shape index (κ1) is 13.5. The van der Waals surface area contributed by atoms with Crippen molar-refractivity contribution < 1.29 is 14.7 Å². The fourth-order valence-electron chi connectivity index (χ4n) is 0.977. The zero-order valence-corrected chi connectivity index (χ0v) is 9.17. The highest BCUT2D eigenvalue weighted by Crippen LogP contribution is 2.04. The molecule has 84 valence electrons. The maximum Gasteiger partial charge on any atom is 0.328 e. The third kappa shape index (κ3) is 5.74. The summed E-state index contributed by atoms with van der Waals surface area (Å²) in [5.74, 6) is 1.19. The van der Waals surface area contributed by atoms with Crippen LogP contribution in [0.1, 0.15) is 39.5 Å². The number of aliphatic carboxylic acids is 1. The molecule has 0 aromatic rings. The van der Waals surface area contributed by atoms with Gasteiger partial charge < -0.3 is 10.4 Å². The number of terminal acetylenes is 1. The van der Waals surface area contributed by atoms with Gasteiger partial charge in [-0.2, -0.15) is 0 Å². The van der Waals surface area contributed by atoms with Gasteiger partial charge in [-0.05, 0) is 26.7 Å². The zero-order valence-electron chi connectivity index (χ0n) is 9.17. The van der Waals surface area contributed by atoms with E-state index >= 15 is 0 Å². The molecule has 0 rings (SSSR count). The number of amides is 1. The van der Waals surface area contributed by atoms with E-state index in [9.17, 15) is 9.59 Å². The molecule has 0 aromatic heterocycles. The zero-order chi connectivity index (χ0) is 11.9. The molecule has 0 unspecified atom stereocenters. The average molecular weight is 211 g/mol. The Kier molecular flexibility index (Phi) is 5.46. The number of carbonyl (C=O) groups excluding carboxylic acids is 1. The summed E-state index contributed by atoms with van der Waals surface area (Å²) in [5.41, 5.74) is -1.21. The molecule has 0 radical (unpaired) electrons. The number of carbonyl (C=O) groups is 2. The van der Waals surface area contributed by atoms with E-state index in [1.165, 1.54) is 13.8 Å². The first-order chi connectivity index (χ1) is 6.90. The molecule has 4 heteroatoms. The van der Waals surface area contributed by atoms with Gasteiger partial charge in [0.2, 0.25) is 5.91 Å². The van der Waals surface area contributed by atoms with Gasteiger partial charge in [0.25, 0.3) is 0 Å². The van der Waals surface area contributed by atoms with Crippen molar-refractivity contribution in [2.75, 3.05) is 0 Å². The van der Waals surface area contributed by atoms with Crippen LogP contribution < -0.4 is 5.32 Å². The minimum absolute atomic E-state index is 0.251. The summed E-state index contributed by atoms with van der Waals surface area (Å²) >= 11 is 0. The highest BCUT2D eigenvalue weighted by atomic mass is 16.4. The average Bonchev–Trinajstić information content (AvgIpc) is 2.11. The van der Waals surface area contributed by atoms with Gasteiger partial charge in [0.1, 0.15) is 5.54 Å². The van der Waals surface area contributed by atoms with E-state index in [2.05, 4.69) is 11.2 Å². The number of carboxylic acid groups (broad SMARTS) is 1. The molecule has 4 nitrogen and oxygen atoms in total. The van der Waals surface area contributed by atoms with Gasteiger partial charge in [0, 0.05) is 12.8 Å². The van der Waals surface area contributed by atoms with E-state index in [0.29, 0.717) is 19.3 Å². The normalized spacial score (nSPS) is 10.5. The van der Waals surface area contributed by atoms with E-state index in [1.807, 2.05) is 0 Å². The van der Waals surface area contributed by atoms with Crippen LogP contribution in [0.4, 0.5) is 0 Å². The van der Waals surface area contributed by atoms with Crippen molar-refractivity contribution in [3.63, 3.8) is 0 Å². The Labute approximate surface area is 90.1 Å². The third-order valence-electron chi connectivity index (χ3n) is 1.96. The minimum Gasteiger partial charge on any atom is -0.480 e. The van der Waals surface area contributed by atoms with Gasteiger partial charge in [-0.15, -0.1) is 12.3 Å². The first-order valence-electron chi connectivity index (χ1n) is 4.88. The molecule has 2 N–H and O–H groups in total. The van der Waals surface area contributed by atoms with Gasteiger partial charge in [-0.3, -0.25) is 4.79 Å². The number of rotatable bonds is 6. The SMILES string of the molecule is C#CCCCCC(=O)NC(C)(C)C(=O)O. The molecule has 1 amide bonds. The summed E-state index contributed by atoms with van der Waals surface area (Å²) < 4.78 is 0. The van der Waals surface area contributed by atoms with Gasteiger partial charge in [0.05, 0.1) is 0 Å². The van der Waals surface area contributed by atoms with E-state index < -0.39 is 11.5 Å². The topological polar surface area (TPSA) is 66.4 Å². The van der Waals surface area contributed by atoms with Crippen molar-refractivity contribution in [1.82, 2.24) is 5.32 Å². The van der Waals surface area contributed by atoms with Gasteiger partial charge >= 0.3 is 5.97 Å². The number of hydrogen-bond donors (Lipinski definition) is 2. The monoisotopic (exact) mass is 211 g/mol. The summed E-state index contributed by atoms with van der Waals surface area (Å²) in [5, 5.41) is 11.2. The third-order valence-corrected chi connectivity index (χ3v) is 1.96. The smallest absolute Gasteiger partial charge is 0.328 e. The lowest BCUT2D eigenvalue weighted by Crippen LogP contribution is -2.49. The molecule has 0 saturated heterocycles. The van der Waals surface area contributed by atoms with Gasteiger partial charge in [-0.1, -0.05) is 0 Å². The van der Waals surface area contributed by atoms with Crippen molar-refractivity contribution in [2.24, 2.45) is 0 Å². The Morgan fingerprint density at radius 2 is 2.00 bits per heavy atom. The van der Waals surface area contributed by atoms with Crippen LogP contribution in [0, 0.1) is 12.3 Å². The number of nitrogens with one attached hydrogen (secondary N) is 1. The second kappa shape index (κ2) is 6.07. The molecule has 0 aliphatic rings. The molecule has 0 spiro atoms. The van der Waals surface area contributed by atoms with Gasteiger partial charge in [-0.25, -0.2) is 4.79 Å². The van der Waals surface area contributed by atoms with Gasteiger partial charge in [0.15, 0.2) is 0 Å². The van der Waals surface area contributed by atoms with Crippen molar-refractivity contribution in [2.45, 2.75) is 45.1 Å². The Morgan fingerprint density at radius 1 is 1.40 bits per heavy atom. The Hall–Kier alpha value is -1.50. The van der Waals surface area contributed by atoms with E-state index in [-0.39, 0.29) is 5.91 Å². The molecule has 0 heterocycles. The highest BCUT2D eigenvalue weighted by molar-refractivity contribution is 5.86. The predicted octanol–water partition coefficient (Wildman–Crippen LogP) is 1.16. The lowest BCUT2D eigenvalue weighted by molar-refractivity contribution is -0.146. The summed E-state index contributed by atoms with van der Waals surface area (Å²) in [6.45, 7) is 2.91. The maximum absolute atomic E-state index is 11.3. The number of carboxylic acids is 1. The summed E-state index contributed by atoms with van der Waals surface area (Å²) in [4.78, 5) is 22.0. The van der Waals surface area contributed by atoms with Crippen LogP contribution in [0.3, 0.4) is 0 Å². The fourth-order valence-corrected chi connectivity index (χ4v) is 0.977. The van der Waals surface area contributed by atoms with Crippen LogP contribution in [-0.4, -0.2) is 22.5 Å². The van der Waals surface area contributed by atoms with Crippen LogP contribution in [0.15, 0.2) is 0 Å². The van der Waals surface area contributed by atoms with Crippen molar-refractivity contribution >= 4 is 11.9 Å². The predicted molar refractivity (Wildman–Crippen MR) is 57.2 cm³/mol. The second-order valence-corrected chi connectivity index (χ2v) is 3.89. The highest BCUT2D eigenvalue weighted by Gasteiger charge is 2.28. The Bertz CT molecular complexity index is 276. The minimum atomic E-state index is -1.21. The summed E-state index contributed by atoms with van der Waals surface area (Å²) in [6.07, 6.45) is 7.50. The molecular weight excluding hydrogens is 194 g/mol. The molecule has 0 aliphatic heterocycles. The lowest BCUT2D eigenvalue weighted by Gasteiger charge is -2.20. The van der Waals surface area contributed by atoms with Crippen LogP contribution in [0.25, 0.3) is 0 Å². The number of unbranched alkanes of at least 4 members (excludes halogenated alkanes) is 2. The fraction of sp³-hybridized carbons (Fsp3) is 0.636. The Morgan fingerprint density at radius 3 is 2.47 bits per heavy atom. The maximum atomic E-state index is 11.3. The van der Waals surface area contributed by atoms with Crippen LogP contribution >= 0.6 is 0 Å². The van der Waals surface area contributed by atoms with Crippen molar-refractivity contribution in [3.05, 3.63) is 0 Å².